The summed E-state index contributed by atoms with van der Waals surface area (Å²) in [5.74, 6) is 0.162. The SMILES string of the molecule is Cc1ccccc1C(=O)N1CCCC1c1ccccc1. The summed E-state index contributed by atoms with van der Waals surface area (Å²) < 4.78 is 0. The Balaban J connectivity index is 1.90. The van der Waals surface area contributed by atoms with Gasteiger partial charge < -0.3 is 4.90 Å². The molecule has 2 nitrogen and oxygen atoms in total. The molecule has 0 aliphatic carbocycles. The van der Waals surface area contributed by atoms with Crippen LogP contribution < -0.4 is 0 Å². The smallest absolute Gasteiger partial charge is 0.254 e. The molecule has 102 valence electrons. The van der Waals surface area contributed by atoms with E-state index in [2.05, 4.69) is 12.1 Å². The zero-order valence-corrected chi connectivity index (χ0v) is 11.8. The molecule has 20 heavy (non-hydrogen) atoms. The second-order valence-corrected chi connectivity index (χ2v) is 5.38. The second-order valence-electron chi connectivity index (χ2n) is 5.38. The number of hydrogen-bond donors (Lipinski definition) is 0. The van der Waals surface area contributed by atoms with Gasteiger partial charge in [0.15, 0.2) is 0 Å². The molecule has 0 N–H and O–H groups in total. The van der Waals surface area contributed by atoms with Gasteiger partial charge in [0.1, 0.15) is 0 Å². The molecule has 1 fully saturated rings. The van der Waals surface area contributed by atoms with E-state index >= 15 is 0 Å². The fourth-order valence-corrected chi connectivity index (χ4v) is 3.00. The first-order chi connectivity index (χ1) is 9.77. The van der Waals surface area contributed by atoms with E-state index in [0.717, 1.165) is 30.5 Å². The van der Waals surface area contributed by atoms with Gasteiger partial charge in [0, 0.05) is 12.1 Å². The minimum atomic E-state index is 0.162. The first-order valence-corrected chi connectivity index (χ1v) is 7.19. The molecule has 0 aromatic heterocycles. The Kier molecular flexibility index (Phi) is 3.55. The molecule has 1 aliphatic rings. The first kappa shape index (κ1) is 12.9. The van der Waals surface area contributed by atoms with Gasteiger partial charge in [-0.2, -0.15) is 0 Å². The third-order valence-corrected chi connectivity index (χ3v) is 4.07. The number of hydrogen-bond acceptors (Lipinski definition) is 1. The van der Waals surface area contributed by atoms with E-state index in [1.165, 1.54) is 5.56 Å². The highest BCUT2D eigenvalue weighted by Crippen LogP contribution is 2.33. The lowest BCUT2D eigenvalue weighted by Gasteiger charge is -2.25. The summed E-state index contributed by atoms with van der Waals surface area (Å²) in [5, 5.41) is 0. The number of aryl methyl sites for hydroxylation is 1. The fourth-order valence-electron chi connectivity index (χ4n) is 3.00. The Morgan fingerprint density at radius 1 is 1.05 bits per heavy atom. The molecule has 1 aliphatic heterocycles. The normalized spacial score (nSPS) is 18.2. The van der Waals surface area contributed by atoms with Gasteiger partial charge in [-0.3, -0.25) is 4.79 Å². The largest absolute Gasteiger partial charge is 0.332 e. The maximum Gasteiger partial charge on any atom is 0.254 e. The van der Waals surface area contributed by atoms with Crippen molar-refractivity contribution in [1.29, 1.82) is 0 Å². The zero-order valence-electron chi connectivity index (χ0n) is 11.8. The molecule has 0 spiro atoms. The molecule has 1 unspecified atom stereocenters. The molecule has 1 amide bonds. The van der Waals surface area contributed by atoms with E-state index in [1.807, 2.05) is 54.3 Å². The van der Waals surface area contributed by atoms with Crippen LogP contribution in [0.4, 0.5) is 0 Å². The van der Waals surface area contributed by atoms with E-state index in [-0.39, 0.29) is 11.9 Å². The third-order valence-electron chi connectivity index (χ3n) is 4.07. The van der Waals surface area contributed by atoms with E-state index in [4.69, 9.17) is 0 Å². The Bertz CT molecular complexity index is 606. The molecule has 1 atom stereocenters. The van der Waals surface area contributed by atoms with Crippen molar-refractivity contribution >= 4 is 5.91 Å². The minimum absolute atomic E-state index is 0.162. The standard InChI is InChI=1S/C18H19NO/c1-14-8-5-6-11-16(14)18(20)19-13-7-12-17(19)15-9-3-2-4-10-15/h2-6,8-11,17H,7,12-13H2,1H3. The Morgan fingerprint density at radius 2 is 1.75 bits per heavy atom. The van der Waals surface area contributed by atoms with Crippen molar-refractivity contribution in [2.24, 2.45) is 0 Å². The Hall–Kier alpha value is -2.09. The number of likely N-dealkylation sites (tertiary alicyclic amines) is 1. The molecule has 1 saturated heterocycles. The van der Waals surface area contributed by atoms with Gasteiger partial charge in [-0.1, -0.05) is 48.5 Å². The molecule has 2 aromatic carbocycles. The highest BCUT2D eigenvalue weighted by atomic mass is 16.2. The molecule has 3 rings (SSSR count). The molecule has 2 heteroatoms. The molecule has 2 aromatic rings. The number of rotatable bonds is 2. The molecule has 0 saturated carbocycles. The van der Waals surface area contributed by atoms with Gasteiger partial charge in [-0.25, -0.2) is 0 Å². The maximum absolute atomic E-state index is 12.8. The third kappa shape index (κ3) is 2.34. The molecular weight excluding hydrogens is 246 g/mol. The number of benzene rings is 2. The monoisotopic (exact) mass is 265 g/mol. The molecule has 0 bridgehead atoms. The van der Waals surface area contributed by atoms with E-state index in [9.17, 15) is 4.79 Å². The van der Waals surface area contributed by atoms with Gasteiger partial charge in [-0.05, 0) is 37.0 Å². The second kappa shape index (κ2) is 5.49. The predicted octanol–water partition coefficient (Wildman–Crippen LogP) is 3.97. The minimum Gasteiger partial charge on any atom is -0.332 e. The van der Waals surface area contributed by atoms with Gasteiger partial charge in [-0.15, -0.1) is 0 Å². The number of amides is 1. The van der Waals surface area contributed by atoms with Crippen LogP contribution in [0.25, 0.3) is 0 Å². The van der Waals surface area contributed by atoms with Crippen LogP contribution in [0.2, 0.25) is 0 Å². The van der Waals surface area contributed by atoms with Crippen molar-refractivity contribution in [3.05, 3.63) is 71.3 Å². The highest BCUT2D eigenvalue weighted by molar-refractivity contribution is 5.96. The van der Waals surface area contributed by atoms with Crippen LogP contribution in [0.1, 0.15) is 40.4 Å². The lowest BCUT2D eigenvalue weighted by molar-refractivity contribution is 0.0735. The van der Waals surface area contributed by atoms with Crippen molar-refractivity contribution in [2.45, 2.75) is 25.8 Å². The Morgan fingerprint density at radius 3 is 2.50 bits per heavy atom. The van der Waals surface area contributed by atoms with Crippen LogP contribution >= 0.6 is 0 Å². The van der Waals surface area contributed by atoms with Gasteiger partial charge in [0.2, 0.25) is 0 Å². The summed E-state index contributed by atoms with van der Waals surface area (Å²) in [7, 11) is 0. The van der Waals surface area contributed by atoms with Gasteiger partial charge >= 0.3 is 0 Å². The van der Waals surface area contributed by atoms with Crippen molar-refractivity contribution in [3.8, 4) is 0 Å². The fraction of sp³-hybridized carbons (Fsp3) is 0.278. The molecule has 0 radical (unpaired) electrons. The topological polar surface area (TPSA) is 20.3 Å². The van der Waals surface area contributed by atoms with Crippen molar-refractivity contribution in [3.63, 3.8) is 0 Å². The summed E-state index contributed by atoms with van der Waals surface area (Å²) >= 11 is 0. The number of carbonyl (C=O) groups excluding carboxylic acids is 1. The summed E-state index contributed by atoms with van der Waals surface area (Å²) in [4.78, 5) is 14.8. The number of nitrogens with zero attached hydrogens (tertiary/aromatic N) is 1. The lowest BCUT2D eigenvalue weighted by atomic mass is 10.0. The van der Waals surface area contributed by atoms with Crippen LogP contribution in [0.15, 0.2) is 54.6 Å². The van der Waals surface area contributed by atoms with E-state index < -0.39 is 0 Å². The lowest BCUT2D eigenvalue weighted by Crippen LogP contribution is -2.31. The van der Waals surface area contributed by atoms with Crippen LogP contribution in [0, 0.1) is 6.92 Å². The van der Waals surface area contributed by atoms with Crippen molar-refractivity contribution in [1.82, 2.24) is 4.90 Å². The van der Waals surface area contributed by atoms with Crippen molar-refractivity contribution in [2.75, 3.05) is 6.54 Å². The van der Waals surface area contributed by atoms with Crippen LogP contribution in [-0.2, 0) is 0 Å². The van der Waals surface area contributed by atoms with Gasteiger partial charge in [0.25, 0.3) is 5.91 Å². The predicted molar refractivity (Wildman–Crippen MR) is 80.6 cm³/mol. The Labute approximate surface area is 120 Å². The summed E-state index contributed by atoms with van der Waals surface area (Å²) in [5.41, 5.74) is 3.12. The van der Waals surface area contributed by atoms with Crippen LogP contribution in [0.3, 0.4) is 0 Å². The highest BCUT2D eigenvalue weighted by Gasteiger charge is 2.30. The zero-order chi connectivity index (χ0) is 13.9. The quantitative estimate of drug-likeness (QED) is 0.804. The average Bonchev–Trinajstić information content (AvgIpc) is 2.97. The van der Waals surface area contributed by atoms with E-state index in [1.54, 1.807) is 0 Å². The average molecular weight is 265 g/mol. The summed E-state index contributed by atoms with van der Waals surface area (Å²) in [6.45, 7) is 2.85. The molecule has 1 heterocycles. The summed E-state index contributed by atoms with van der Waals surface area (Å²) in [6.07, 6.45) is 2.14. The van der Waals surface area contributed by atoms with Crippen LogP contribution in [-0.4, -0.2) is 17.4 Å². The summed E-state index contributed by atoms with van der Waals surface area (Å²) in [6, 6.07) is 18.4. The molecular formula is C18H19NO. The van der Waals surface area contributed by atoms with Crippen LogP contribution in [0.5, 0.6) is 0 Å². The van der Waals surface area contributed by atoms with E-state index in [0.29, 0.717) is 0 Å². The first-order valence-electron chi connectivity index (χ1n) is 7.19. The van der Waals surface area contributed by atoms with Crippen molar-refractivity contribution < 1.29 is 4.79 Å². The van der Waals surface area contributed by atoms with Gasteiger partial charge in [0.05, 0.1) is 6.04 Å². The maximum atomic E-state index is 12.8. The number of carbonyl (C=O) groups is 1.